The fourth-order valence-electron chi connectivity index (χ4n) is 4.45. The number of benzene rings is 1. The molecule has 10 nitrogen and oxygen atoms in total. The largest absolute Gasteiger partial charge is 0.454 e. The van der Waals surface area contributed by atoms with E-state index in [9.17, 15) is 28.2 Å². The van der Waals surface area contributed by atoms with Gasteiger partial charge < -0.3 is 20.1 Å². The number of carbonyl (C=O) groups is 1. The number of alkyl halides is 3. The summed E-state index contributed by atoms with van der Waals surface area (Å²) in [4.78, 5) is 22.5. The minimum absolute atomic E-state index is 0.162. The quantitative estimate of drug-likeness (QED) is 0.335. The number of fused-ring (bicyclic) bond motifs is 1. The molecule has 0 unspecified atom stereocenters. The van der Waals surface area contributed by atoms with E-state index in [0.717, 1.165) is 11.3 Å². The number of nitrogens with zero attached hydrogens (tertiary/aromatic N) is 6. The van der Waals surface area contributed by atoms with Crippen LogP contribution in [0.25, 0.3) is 16.7 Å². The zero-order valence-corrected chi connectivity index (χ0v) is 19.9. The second kappa shape index (κ2) is 9.25. The molecule has 194 valence electrons. The van der Waals surface area contributed by atoms with Crippen LogP contribution in [0.2, 0.25) is 0 Å². The number of aromatic nitrogens is 5. The minimum Gasteiger partial charge on any atom is -0.389 e. The van der Waals surface area contributed by atoms with E-state index in [0.29, 0.717) is 36.7 Å². The molecule has 0 spiro atoms. The van der Waals surface area contributed by atoms with Crippen LogP contribution in [0.15, 0.2) is 42.9 Å². The van der Waals surface area contributed by atoms with Gasteiger partial charge in [0.25, 0.3) is 5.78 Å². The molecule has 13 heteroatoms. The molecule has 4 heterocycles. The van der Waals surface area contributed by atoms with Gasteiger partial charge in [-0.25, -0.2) is 9.67 Å². The number of hydrogen-bond acceptors (Lipinski definition) is 8. The number of rotatable bonds is 6. The third-order valence-corrected chi connectivity index (χ3v) is 6.35. The molecule has 1 fully saturated rings. The Balaban J connectivity index is 1.38. The fourth-order valence-corrected chi connectivity index (χ4v) is 4.45. The Kier molecular flexibility index (Phi) is 6.22. The van der Waals surface area contributed by atoms with E-state index in [2.05, 4.69) is 20.4 Å². The van der Waals surface area contributed by atoms with Crippen LogP contribution in [-0.2, 0) is 13.6 Å². The van der Waals surface area contributed by atoms with Crippen molar-refractivity contribution < 1.29 is 28.2 Å². The van der Waals surface area contributed by atoms with Gasteiger partial charge in [-0.15, -0.1) is 0 Å². The molecular formula is C24H24F3N7O3. The van der Waals surface area contributed by atoms with Gasteiger partial charge in [0.1, 0.15) is 0 Å². The number of carbonyl (C=O) groups excluding carboxylic acids is 1. The van der Waals surface area contributed by atoms with Gasteiger partial charge in [-0.2, -0.15) is 23.3 Å². The molecule has 0 aliphatic carbocycles. The number of nitrogens with one attached hydrogen (secondary N) is 1. The summed E-state index contributed by atoms with van der Waals surface area (Å²) in [6.45, 7) is 3.10. The summed E-state index contributed by atoms with van der Waals surface area (Å²) >= 11 is 0. The number of halogens is 3. The number of likely N-dealkylation sites (tertiary alicyclic amines) is 1. The molecule has 0 saturated carbocycles. The molecule has 1 aliphatic heterocycles. The van der Waals surface area contributed by atoms with Gasteiger partial charge in [0, 0.05) is 73.5 Å². The number of Topliss-reactive ketones (excluding diaryl/α,β-unsaturated/α-hetero) is 1. The number of anilines is 2. The van der Waals surface area contributed by atoms with Crippen LogP contribution in [0.1, 0.15) is 21.6 Å². The Morgan fingerprint density at radius 2 is 1.89 bits per heavy atom. The zero-order valence-electron chi connectivity index (χ0n) is 19.9. The minimum atomic E-state index is -4.98. The van der Waals surface area contributed by atoms with Crippen LogP contribution >= 0.6 is 0 Å². The van der Waals surface area contributed by atoms with Crippen molar-refractivity contribution in [1.29, 1.82) is 0 Å². The molecule has 3 N–H and O–H groups in total. The summed E-state index contributed by atoms with van der Waals surface area (Å²) in [5.74, 6) is -1.25. The van der Waals surface area contributed by atoms with Gasteiger partial charge in [-0.05, 0) is 25.1 Å². The molecular weight excluding hydrogens is 491 g/mol. The smallest absolute Gasteiger partial charge is 0.389 e. The van der Waals surface area contributed by atoms with Gasteiger partial charge >= 0.3 is 6.18 Å². The Morgan fingerprint density at radius 3 is 2.59 bits per heavy atom. The molecule has 4 aromatic rings. The molecule has 1 aliphatic rings. The number of hydrogen-bond donors (Lipinski definition) is 3. The number of aliphatic hydroxyl groups is 2. The Bertz CT molecular complexity index is 1470. The first-order chi connectivity index (χ1) is 17.5. The Morgan fingerprint density at radius 1 is 1.16 bits per heavy atom. The molecule has 5 rings (SSSR count). The van der Waals surface area contributed by atoms with Crippen molar-refractivity contribution in [3.05, 3.63) is 59.7 Å². The summed E-state index contributed by atoms with van der Waals surface area (Å²) in [5.41, 5.74) is 2.13. The zero-order chi connectivity index (χ0) is 26.5. The maximum absolute atomic E-state index is 13.1. The predicted octanol–water partition coefficient (Wildman–Crippen LogP) is 2.49. The highest BCUT2D eigenvalue weighted by molar-refractivity contribution is 6.11. The van der Waals surface area contributed by atoms with E-state index in [4.69, 9.17) is 0 Å². The molecule has 1 aromatic carbocycles. The first kappa shape index (κ1) is 24.9. The lowest BCUT2D eigenvalue weighted by atomic mass is 10.1. The number of β-amino-alcohol motifs (C(OH)–C–C–N with tert-alkyl or cyclic N) is 2. The maximum Gasteiger partial charge on any atom is 0.454 e. The first-order valence-corrected chi connectivity index (χ1v) is 11.4. The summed E-state index contributed by atoms with van der Waals surface area (Å²) in [5, 5.41) is 27.2. The molecule has 1 saturated heterocycles. The van der Waals surface area contributed by atoms with Crippen molar-refractivity contribution in [2.24, 2.45) is 7.05 Å². The van der Waals surface area contributed by atoms with Crippen molar-refractivity contribution in [2.75, 3.05) is 18.4 Å². The van der Waals surface area contributed by atoms with Crippen molar-refractivity contribution in [3.63, 3.8) is 0 Å². The van der Waals surface area contributed by atoms with Gasteiger partial charge in [0.2, 0.25) is 5.95 Å². The lowest BCUT2D eigenvalue weighted by Gasteiger charge is -2.13. The third kappa shape index (κ3) is 4.92. The third-order valence-electron chi connectivity index (χ3n) is 6.35. The molecule has 0 amide bonds. The summed E-state index contributed by atoms with van der Waals surface area (Å²) < 4.78 is 42.3. The average Bonchev–Trinajstić information content (AvgIpc) is 3.47. The highest BCUT2D eigenvalue weighted by atomic mass is 19.4. The van der Waals surface area contributed by atoms with Crippen LogP contribution in [0.5, 0.6) is 0 Å². The number of ketones is 1. The first-order valence-electron chi connectivity index (χ1n) is 11.4. The lowest BCUT2D eigenvalue weighted by molar-refractivity contribution is -0.0884. The van der Waals surface area contributed by atoms with Gasteiger partial charge in [0.05, 0.1) is 23.5 Å². The molecule has 0 bridgehead atoms. The van der Waals surface area contributed by atoms with Crippen molar-refractivity contribution in [2.45, 2.75) is 31.9 Å². The van der Waals surface area contributed by atoms with Crippen molar-refractivity contribution in [3.8, 4) is 5.82 Å². The Hall–Kier alpha value is -3.81. The monoisotopic (exact) mass is 515 g/mol. The normalized spacial score (nSPS) is 18.6. The van der Waals surface area contributed by atoms with E-state index >= 15 is 0 Å². The predicted molar refractivity (Wildman–Crippen MR) is 128 cm³/mol. The number of aryl methyl sites for hydroxylation is 2. The van der Waals surface area contributed by atoms with Gasteiger partial charge in [0.15, 0.2) is 5.82 Å². The number of aliphatic hydroxyl groups excluding tert-OH is 2. The van der Waals surface area contributed by atoms with Crippen molar-refractivity contribution >= 4 is 28.3 Å². The highest BCUT2D eigenvalue weighted by Crippen LogP contribution is 2.30. The summed E-state index contributed by atoms with van der Waals surface area (Å²) in [6, 6.07) is 6.39. The lowest BCUT2D eigenvalue weighted by Crippen LogP contribution is -2.22. The van der Waals surface area contributed by atoms with E-state index in [-0.39, 0.29) is 11.3 Å². The second-order valence-electron chi connectivity index (χ2n) is 9.09. The van der Waals surface area contributed by atoms with Crippen LogP contribution in [0.4, 0.5) is 24.8 Å². The average molecular weight is 515 g/mol. The van der Waals surface area contributed by atoms with E-state index < -0.39 is 29.7 Å². The summed E-state index contributed by atoms with van der Waals surface area (Å²) in [7, 11) is 1.57. The molecule has 37 heavy (non-hydrogen) atoms. The van der Waals surface area contributed by atoms with Crippen molar-refractivity contribution in [1.82, 2.24) is 29.2 Å². The molecule has 3 aromatic heterocycles. The second-order valence-corrected chi connectivity index (χ2v) is 9.09. The van der Waals surface area contributed by atoms with Gasteiger partial charge in [-0.1, -0.05) is 0 Å². The van der Waals surface area contributed by atoms with Crippen LogP contribution < -0.4 is 5.32 Å². The van der Waals surface area contributed by atoms with Crippen LogP contribution in [0, 0.1) is 6.92 Å². The molecule has 0 radical (unpaired) electrons. The van der Waals surface area contributed by atoms with Crippen LogP contribution in [-0.4, -0.2) is 76.7 Å². The summed E-state index contributed by atoms with van der Waals surface area (Å²) in [6.07, 6.45) is -2.03. The Labute approximate surface area is 209 Å². The fraction of sp³-hybridized carbons (Fsp3) is 0.333. The van der Waals surface area contributed by atoms with Crippen LogP contribution in [0.3, 0.4) is 0 Å². The standard InChI is InChI=1S/C24H24F3N7O3/c1-13-14(8-33-11-19(35)20(36)12-33)9-34(31-13)21-5-6-28-23(30-21)29-15-3-4-18-16(7-15)17(10-32(18)2)22(37)24(25,26)27/h3-7,9-10,19-20,35-36H,8,11-12H2,1-2H3,(H,28,29,30)/t19-,20+. The maximum atomic E-state index is 13.1. The topological polar surface area (TPSA) is 121 Å². The van der Waals surface area contributed by atoms with E-state index in [1.807, 2.05) is 18.0 Å². The van der Waals surface area contributed by atoms with Gasteiger partial charge in [-0.3, -0.25) is 9.69 Å². The van der Waals surface area contributed by atoms with E-state index in [1.54, 1.807) is 29.9 Å². The van der Waals surface area contributed by atoms with E-state index in [1.165, 1.54) is 23.0 Å². The SMILES string of the molecule is Cc1nn(-c2ccnc(Nc3ccc4c(c3)c(C(=O)C(F)(F)F)cn4C)n2)cc1CN1C[C@@H](O)[C@@H](O)C1. The highest BCUT2D eigenvalue weighted by Gasteiger charge is 2.40. The molecule has 2 atom stereocenters.